The molecular weight excluding hydrogens is 176 g/mol. The van der Waals surface area contributed by atoms with Gasteiger partial charge in [0.15, 0.2) is 0 Å². The molecule has 72 valence electrons. The minimum atomic E-state index is 0.737. The molecular formula is C10H12N4. The van der Waals surface area contributed by atoms with Crippen molar-refractivity contribution in [2.75, 3.05) is 5.73 Å². The molecule has 0 aromatic carbocycles. The SMILES string of the molecule is Cn1cnc(Cc2cnccc2N)c1. The monoisotopic (exact) mass is 188 g/mol. The van der Waals surface area contributed by atoms with E-state index in [-0.39, 0.29) is 0 Å². The summed E-state index contributed by atoms with van der Waals surface area (Å²) in [5.74, 6) is 0. The van der Waals surface area contributed by atoms with E-state index in [9.17, 15) is 0 Å². The number of nitrogen functional groups attached to an aromatic ring is 1. The first-order chi connectivity index (χ1) is 6.75. The first-order valence-electron chi connectivity index (χ1n) is 4.41. The molecule has 2 rings (SSSR count). The molecule has 0 saturated heterocycles. The van der Waals surface area contributed by atoms with Crippen LogP contribution in [0.1, 0.15) is 11.3 Å². The molecule has 0 radical (unpaired) electrons. The standard InChI is InChI=1S/C10H12N4/c1-14-6-9(13-7-14)4-8-5-12-3-2-10(8)11/h2-3,5-7H,4H2,1H3,(H2,11,12). The number of hydrogen-bond donors (Lipinski definition) is 1. The topological polar surface area (TPSA) is 56.7 Å². The Morgan fingerprint density at radius 1 is 1.50 bits per heavy atom. The Hall–Kier alpha value is -1.84. The van der Waals surface area contributed by atoms with Crippen LogP contribution >= 0.6 is 0 Å². The van der Waals surface area contributed by atoms with Crippen LogP contribution in [0.25, 0.3) is 0 Å². The second-order valence-corrected chi connectivity index (χ2v) is 3.28. The smallest absolute Gasteiger partial charge is 0.0946 e. The van der Waals surface area contributed by atoms with Gasteiger partial charge in [-0.2, -0.15) is 0 Å². The second-order valence-electron chi connectivity index (χ2n) is 3.28. The highest BCUT2D eigenvalue weighted by Gasteiger charge is 2.02. The summed E-state index contributed by atoms with van der Waals surface area (Å²) in [5.41, 5.74) is 8.60. The number of nitrogens with zero attached hydrogens (tertiary/aromatic N) is 3. The molecule has 2 N–H and O–H groups in total. The third kappa shape index (κ3) is 1.74. The summed E-state index contributed by atoms with van der Waals surface area (Å²) in [4.78, 5) is 8.27. The molecule has 2 heterocycles. The maximum atomic E-state index is 5.80. The van der Waals surface area contributed by atoms with Gasteiger partial charge in [0.05, 0.1) is 12.0 Å². The van der Waals surface area contributed by atoms with Crippen molar-refractivity contribution in [2.24, 2.45) is 7.05 Å². The number of hydrogen-bond acceptors (Lipinski definition) is 3. The Balaban J connectivity index is 2.23. The zero-order valence-corrected chi connectivity index (χ0v) is 8.01. The van der Waals surface area contributed by atoms with E-state index in [4.69, 9.17) is 5.73 Å². The van der Waals surface area contributed by atoms with Crippen LogP contribution < -0.4 is 5.73 Å². The molecule has 0 aliphatic carbocycles. The molecule has 0 atom stereocenters. The number of aromatic nitrogens is 3. The molecule has 0 spiro atoms. The third-order valence-electron chi connectivity index (χ3n) is 2.07. The van der Waals surface area contributed by atoms with E-state index in [1.54, 1.807) is 24.8 Å². The van der Waals surface area contributed by atoms with Gasteiger partial charge in [-0.15, -0.1) is 0 Å². The number of pyridine rings is 1. The lowest BCUT2D eigenvalue weighted by molar-refractivity contribution is 0.912. The predicted octanol–water partition coefficient (Wildman–Crippen LogP) is 0.988. The lowest BCUT2D eigenvalue weighted by Crippen LogP contribution is -1.96. The van der Waals surface area contributed by atoms with E-state index in [2.05, 4.69) is 9.97 Å². The predicted molar refractivity (Wildman–Crippen MR) is 54.7 cm³/mol. The zero-order chi connectivity index (χ0) is 9.97. The van der Waals surface area contributed by atoms with Crippen LogP contribution in [0.2, 0.25) is 0 Å². The van der Waals surface area contributed by atoms with Gasteiger partial charge in [-0.1, -0.05) is 0 Å². The van der Waals surface area contributed by atoms with Crippen molar-refractivity contribution >= 4 is 5.69 Å². The average Bonchev–Trinajstić information content (AvgIpc) is 2.56. The number of rotatable bonds is 2. The molecule has 0 aliphatic heterocycles. The maximum Gasteiger partial charge on any atom is 0.0946 e. The number of imidazole rings is 1. The van der Waals surface area contributed by atoms with Crippen LogP contribution in [0.5, 0.6) is 0 Å². The second kappa shape index (κ2) is 3.49. The van der Waals surface area contributed by atoms with Crippen molar-refractivity contribution in [3.63, 3.8) is 0 Å². The number of nitrogens with two attached hydrogens (primary N) is 1. The molecule has 0 bridgehead atoms. The highest BCUT2D eigenvalue weighted by atomic mass is 15.0. The largest absolute Gasteiger partial charge is 0.398 e. The van der Waals surface area contributed by atoms with Crippen LogP contribution in [0.4, 0.5) is 5.69 Å². The Morgan fingerprint density at radius 2 is 2.36 bits per heavy atom. The third-order valence-corrected chi connectivity index (χ3v) is 2.07. The van der Waals surface area contributed by atoms with Gasteiger partial charge in [-0.3, -0.25) is 4.98 Å². The molecule has 4 heteroatoms. The first kappa shape index (κ1) is 8.74. The maximum absolute atomic E-state index is 5.80. The van der Waals surface area contributed by atoms with E-state index in [0.29, 0.717) is 0 Å². The molecule has 2 aromatic heterocycles. The van der Waals surface area contributed by atoms with Crippen LogP contribution in [0.15, 0.2) is 31.0 Å². The summed E-state index contributed by atoms with van der Waals surface area (Å²) in [7, 11) is 1.95. The first-order valence-corrected chi connectivity index (χ1v) is 4.41. The van der Waals surface area contributed by atoms with Gasteiger partial charge >= 0.3 is 0 Å². The van der Waals surface area contributed by atoms with Gasteiger partial charge in [-0.05, 0) is 11.6 Å². The molecule has 0 aliphatic rings. The van der Waals surface area contributed by atoms with Gasteiger partial charge in [0.25, 0.3) is 0 Å². The van der Waals surface area contributed by atoms with E-state index < -0.39 is 0 Å². The van der Waals surface area contributed by atoms with Crippen molar-refractivity contribution in [3.8, 4) is 0 Å². The average molecular weight is 188 g/mol. The highest BCUT2D eigenvalue weighted by molar-refractivity contribution is 5.45. The molecule has 0 saturated carbocycles. The Bertz CT molecular complexity index is 433. The number of aryl methyl sites for hydroxylation is 1. The fourth-order valence-corrected chi connectivity index (χ4v) is 1.34. The van der Waals surface area contributed by atoms with Gasteiger partial charge in [0.1, 0.15) is 0 Å². The Kier molecular flexibility index (Phi) is 2.18. The van der Waals surface area contributed by atoms with Crippen molar-refractivity contribution in [1.29, 1.82) is 0 Å². The fourth-order valence-electron chi connectivity index (χ4n) is 1.34. The summed E-state index contributed by atoms with van der Waals surface area (Å²) in [6.07, 6.45) is 7.97. The normalized spacial score (nSPS) is 10.4. The summed E-state index contributed by atoms with van der Waals surface area (Å²) >= 11 is 0. The molecule has 4 nitrogen and oxygen atoms in total. The van der Waals surface area contributed by atoms with E-state index in [1.807, 2.05) is 17.8 Å². The van der Waals surface area contributed by atoms with Crippen LogP contribution in [0.3, 0.4) is 0 Å². The summed E-state index contributed by atoms with van der Waals surface area (Å²) in [5, 5.41) is 0. The van der Waals surface area contributed by atoms with Crippen molar-refractivity contribution < 1.29 is 0 Å². The number of anilines is 1. The van der Waals surface area contributed by atoms with E-state index in [1.165, 1.54) is 0 Å². The Morgan fingerprint density at radius 3 is 3.00 bits per heavy atom. The highest BCUT2D eigenvalue weighted by Crippen LogP contribution is 2.12. The summed E-state index contributed by atoms with van der Waals surface area (Å²) in [6, 6.07) is 1.80. The van der Waals surface area contributed by atoms with Gasteiger partial charge in [0.2, 0.25) is 0 Å². The summed E-state index contributed by atoms with van der Waals surface area (Å²) < 4.78 is 1.92. The zero-order valence-electron chi connectivity index (χ0n) is 8.01. The van der Waals surface area contributed by atoms with Crippen LogP contribution in [-0.4, -0.2) is 14.5 Å². The van der Waals surface area contributed by atoms with Crippen molar-refractivity contribution in [3.05, 3.63) is 42.2 Å². The fraction of sp³-hybridized carbons (Fsp3) is 0.200. The van der Waals surface area contributed by atoms with Gasteiger partial charge < -0.3 is 10.3 Å². The van der Waals surface area contributed by atoms with E-state index in [0.717, 1.165) is 23.4 Å². The lowest BCUT2D eigenvalue weighted by Gasteiger charge is -2.01. The molecule has 0 unspecified atom stereocenters. The minimum absolute atomic E-state index is 0.737. The van der Waals surface area contributed by atoms with E-state index >= 15 is 0 Å². The van der Waals surface area contributed by atoms with Crippen molar-refractivity contribution in [1.82, 2.24) is 14.5 Å². The lowest BCUT2D eigenvalue weighted by atomic mass is 10.1. The Labute approximate surface area is 82.4 Å². The van der Waals surface area contributed by atoms with Crippen LogP contribution in [-0.2, 0) is 13.5 Å². The molecule has 0 fully saturated rings. The van der Waals surface area contributed by atoms with Crippen LogP contribution in [0, 0.1) is 0 Å². The molecule has 2 aromatic rings. The quantitative estimate of drug-likeness (QED) is 0.764. The molecule has 0 amide bonds. The van der Waals surface area contributed by atoms with Gasteiger partial charge in [-0.25, -0.2) is 4.98 Å². The minimum Gasteiger partial charge on any atom is -0.398 e. The summed E-state index contributed by atoms with van der Waals surface area (Å²) in [6.45, 7) is 0. The van der Waals surface area contributed by atoms with Crippen molar-refractivity contribution in [2.45, 2.75) is 6.42 Å². The van der Waals surface area contributed by atoms with Gasteiger partial charge in [0, 0.05) is 37.7 Å². The molecule has 14 heavy (non-hydrogen) atoms.